The van der Waals surface area contributed by atoms with E-state index < -0.39 is 0 Å². The summed E-state index contributed by atoms with van der Waals surface area (Å²) in [5, 5.41) is 0. The number of nitrogens with zero attached hydrogens (tertiary/aromatic N) is 1. The third-order valence-electron chi connectivity index (χ3n) is 10.9. The van der Waals surface area contributed by atoms with Gasteiger partial charge in [0.1, 0.15) is 0 Å². The topological polar surface area (TPSA) is 3.24 Å². The summed E-state index contributed by atoms with van der Waals surface area (Å²) in [6, 6.07) is 64.4. The first-order valence-electron chi connectivity index (χ1n) is 18.4. The van der Waals surface area contributed by atoms with Crippen LogP contribution in [0.4, 0.5) is 17.1 Å². The molecule has 7 aromatic carbocycles. The van der Waals surface area contributed by atoms with Gasteiger partial charge in [-0.25, -0.2) is 0 Å². The summed E-state index contributed by atoms with van der Waals surface area (Å²) in [7, 11) is 0. The molecule has 9 rings (SSSR count). The molecule has 0 amide bonds. The van der Waals surface area contributed by atoms with E-state index >= 15 is 0 Å². The fourth-order valence-electron chi connectivity index (χ4n) is 8.45. The van der Waals surface area contributed by atoms with Crippen molar-refractivity contribution in [2.75, 3.05) is 4.90 Å². The summed E-state index contributed by atoms with van der Waals surface area (Å²) in [5.41, 5.74) is 18.7. The second kappa shape index (κ2) is 13.2. The Balaban J connectivity index is 1.26. The lowest BCUT2D eigenvalue weighted by molar-refractivity contribution is 0.660. The Kier molecular flexibility index (Phi) is 8.05. The Labute approximate surface area is 307 Å². The van der Waals surface area contributed by atoms with Crippen LogP contribution in [0.1, 0.15) is 48.9 Å². The van der Waals surface area contributed by atoms with Crippen molar-refractivity contribution >= 4 is 28.2 Å². The smallest absolute Gasteiger partial charge is 0.0540 e. The highest BCUT2D eigenvalue weighted by Crippen LogP contribution is 2.52. The summed E-state index contributed by atoms with van der Waals surface area (Å²) >= 11 is 0. The van der Waals surface area contributed by atoms with Crippen LogP contribution in [0, 0.1) is 0 Å². The molecule has 0 heterocycles. The normalized spacial score (nSPS) is 14.2. The average Bonchev–Trinajstić information content (AvgIpc) is 3.44. The lowest BCUT2D eigenvalue weighted by Gasteiger charge is -2.32. The first-order chi connectivity index (χ1) is 25.6. The number of para-hydroxylation sites is 2. The van der Waals surface area contributed by atoms with Gasteiger partial charge in [0.25, 0.3) is 0 Å². The molecular weight excluding hydrogens is 627 g/mol. The van der Waals surface area contributed by atoms with Gasteiger partial charge < -0.3 is 4.90 Å². The van der Waals surface area contributed by atoms with Crippen LogP contribution in [0.5, 0.6) is 0 Å². The average molecular weight is 668 g/mol. The van der Waals surface area contributed by atoms with Crippen molar-refractivity contribution < 1.29 is 0 Å². The zero-order chi connectivity index (χ0) is 35.1. The van der Waals surface area contributed by atoms with Crippen molar-refractivity contribution in [2.24, 2.45) is 0 Å². The molecule has 1 heteroatoms. The molecule has 0 saturated carbocycles. The molecule has 0 saturated heterocycles. The van der Waals surface area contributed by atoms with Gasteiger partial charge in [0.15, 0.2) is 0 Å². The van der Waals surface area contributed by atoms with Crippen LogP contribution >= 0.6 is 0 Å². The fraction of sp³-hybridized carbons (Fsp3) is 0.0980. The van der Waals surface area contributed by atoms with Crippen LogP contribution in [0.15, 0.2) is 188 Å². The summed E-state index contributed by atoms with van der Waals surface area (Å²) in [4.78, 5) is 2.50. The minimum Gasteiger partial charge on any atom is -0.309 e. The van der Waals surface area contributed by atoms with E-state index in [4.69, 9.17) is 0 Å². The van der Waals surface area contributed by atoms with Gasteiger partial charge in [0, 0.05) is 22.2 Å². The van der Waals surface area contributed by atoms with Gasteiger partial charge in [-0.2, -0.15) is 0 Å². The first-order valence-corrected chi connectivity index (χ1v) is 18.4. The second-order valence-electron chi connectivity index (χ2n) is 14.4. The van der Waals surface area contributed by atoms with E-state index in [0.717, 1.165) is 29.9 Å². The first kappa shape index (κ1) is 31.8. The van der Waals surface area contributed by atoms with Crippen molar-refractivity contribution in [2.45, 2.75) is 32.1 Å². The van der Waals surface area contributed by atoms with Gasteiger partial charge in [-0.05, 0) is 92.8 Å². The predicted octanol–water partition coefficient (Wildman–Crippen LogP) is 14.1. The van der Waals surface area contributed by atoms with Gasteiger partial charge in [-0.15, -0.1) is 0 Å². The molecule has 0 N–H and O–H groups in total. The molecule has 0 bridgehead atoms. The van der Waals surface area contributed by atoms with E-state index in [9.17, 15) is 0 Å². The summed E-state index contributed by atoms with van der Waals surface area (Å²) in [5.74, 6) is 0. The molecular formula is C51H41N. The van der Waals surface area contributed by atoms with Crippen LogP contribution in [0.2, 0.25) is 0 Å². The van der Waals surface area contributed by atoms with Crippen molar-refractivity contribution in [3.63, 3.8) is 0 Å². The van der Waals surface area contributed by atoms with E-state index in [-0.39, 0.29) is 5.41 Å². The van der Waals surface area contributed by atoms with Crippen LogP contribution in [-0.2, 0) is 5.41 Å². The number of fused-ring (bicyclic) bond motifs is 3. The lowest BCUT2D eigenvalue weighted by Crippen LogP contribution is -2.16. The molecule has 250 valence electrons. The maximum atomic E-state index is 2.50. The zero-order valence-electron chi connectivity index (χ0n) is 29.8. The van der Waals surface area contributed by atoms with E-state index in [1.807, 2.05) is 0 Å². The van der Waals surface area contributed by atoms with Crippen molar-refractivity contribution in [3.05, 3.63) is 210 Å². The number of hydrogen-bond donors (Lipinski definition) is 0. The summed E-state index contributed by atoms with van der Waals surface area (Å²) < 4.78 is 0. The Morgan fingerprint density at radius 3 is 1.52 bits per heavy atom. The van der Waals surface area contributed by atoms with E-state index in [2.05, 4.69) is 207 Å². The molecule has 0 aromatic heterocycles. The van der Waals surface area contributed by atoms with Gasteiger partial charge in [-0.1, -0.05) is 178 Å². The molecule has 1 nitrogen and oxygen atoms in total. The molecule has 0 fully saturated rings. The maximum Gasteiger partial charge on any atom is 0.0540 e. The van der Waals surface area contributed by atoms with Crippen molar-refractivity contribution in [1.82, 2.24) is 0 Å². The molecule has 0 unspecified atom stereocenters. The Morgan fingerprint density at radius 2 is 0.846 bits per heavy atom. The zero-order valence-corrected chi connectivity index (χ0v) is 29.8. The molecule has 52 heavy (non-hydrogen) atoms. The van der Waals surface area contributed by atoms with Gasteiger partial charge in [0.05, 0.1) is 11.4 Å². The number of hydrogen-bond acceptors (Lipinski definition) is 1. The molecule has 0 spiro atoms. The Hall–Kier alpha value is -6.18. The third-order valence-corrected chi connectivity index (χ3v) is 10.9. The number of rotatable bonds is 7. The minimum atomic E-state index is -0.0616. The Bertz CT molecular complexity index is 2480. The van der Waals surface area contributed by atoms with Crippen LogP contribution in [-0.4, -0.2) is 0 Å². The largest absolute Gasteiger partial charge is 0.309 e. The third kappa shape index (κ3) is 5.41. The molecule has 0 radical (unpaired) electrons. The molecule has 2 aliphatic carbocycles. The van der Waals surface area contributed by atoms with Crippen molar-refractivity contribution in [1.29, 1.82) is 0 Å². The molecule has 0 aliphatic heterocycles. The molecule has 7 aromatic rings. The van der Waals surface area contributed by atoms with E-state index in [0.29, 0.717) is 0 Å². The highest BCUT2D eigenvalue weighted by molar-refractivity contribution is 6.11. The van der Waals surface area contributed by atoms with Crippen LogP contribution in [0.25, 0.3) is 44.5 Å². The highest BCUT2D eigenvalue weighted by atomic mass is 15.1. The SMILES string of the molecule is CC1(C)c2ccccc2-c2cc(N(c3ccccc3C3=CCCC=C3c3ccccc3-c3ccccc3)c3ccccc3-c3ccccc3)ccc21. The predicted molar refractivity (Wildman–Crippen MR) is 221 cm³/mol. The summed E-state index contributed by atoms with van der Waals surface area (Å²) in [6.45, 7) is 4.71. The molecule has 0 atom stereocenters. The minimum absolute atomic E-state index is 0.0616. The quantitative estimate of drug-likeness (QED) is 0.164. The second-order valence-corrected chi connectivity index (χ2v) is 14.4. The summed E-state index contributed by atoms with van der Waals surface area (Å²) in [6.07, 6.45) is 6.93. The van der Waals surface area contributed by atoms with Crippen LogP contribution < -0.4 is 4.90 Å². The lowest BCUT2D eigenvalue weighted by atomic mass is 9.82. The molecule has 2 aliphatic rings. The van der Waals surface area contributed by atoms with Gasteiger partial charge in [-0.3, -0.25) is 0 Å². The standard InChI is InChI=1S/C51H41N/c1-51(2)47-30-16-13-28-44(47)46-35-38(33-34-48(46)51)52(49-31-17-14-24-40(49)37-21-7-4-8-22-37)50-32-18-15-29-45(50)43-27-12-11-26-42(43)41-25-10-9-23-39(41)36-19-5-3-6-20-36/h3-10,13-35H,11-12H2,1-2H3. The van der Waals surface area contributed by atoms with E-state index in [1.165, 1.54) is 66.8 Å². The number of benzene rings is 7. The Morgan fingerprint density at radius 1 is 0.385 bits per heavy atom. The van der Waals surface area contributed by atoms with Crippen molar-refractivity contribution in [3.8, 4) is 33.4 Å². The highest BCUT2D eigenvalue weighted by Gasteiger charge is 2.36. The monoisotopic (exact) mass is 667 g/mol. The maximum absolute atomic E-state index is 2.50. The number of allylic oxidation sites excluding steroid dienone is 4. The van der Waals surface area contributed by atoms with Gasteiger partial charge >= 0.3 is 0 Å². The number of anilines is 3. The van der Waals surface area contributed by atoms with E-state index in [1.54, 1.807) is 0 Å². The van der Waals surface area contributed by atoms with Crippen LogP contribution in [0.3, 0.4) is 0 Å². The van der Waals surface area contributed by atoms with Gasteiger partial charge in [0.2, 0.25) is 0 Å². The fourth-order valence-corrected chi connectivity index (χ4v) is 8.45.